The second kappa shape index (κ2) is 3.81. The highest BCUT2D eigenvalue weighted by Crippen LogP contribution is 2.34. The minimum Gasteiger partial charge on any atom is -0.207 e. The van der Waals surface area contributed by atoms with Crippen LogP contribution in [0.2, 0.25) is 0 Å². The predicted molar refractivity (Wildman–Crippen MR) is 63.6 cm³/mol. The molecule has 17 heavy (non-hydrogen) atoms. The lowest BCUT2D eigenvalue weighted by molar-refractivity contribution is 0.579. The monoisotopic (exact) mass is 228 g/mol. The molecule has 0 heterocycles. The summed E-state index contributed by atoms with van der Waals surface area (Å²) in [5.74, 6) is -0.989. The summed E-state index contributed by atoms with van der Waals surface area (Å²) in [6, 6.07) is 12.0. The van der Waals surface area contributed by atoms with E-state index in [1.165, 1.54) is 6.07 Å². The molecule has 0 fully saturated rings. The fourth-order valence-corrected chi connectivity index (χ4v) is 2.28. The highest BCUT2D eigenvalue weighted by molar-refractivity contribution is 5.84. The van der Waals surface area contributed by atoms with Crippen molar-refractivity contribution in [2.45, 2.75) is 6.42 Å². The van der Waals surface area contributed by atoms with Crippen molar-refractivity contribution in [3.63, 3.8) is 0 Å². The Labute approximate surface area is 98.2 Å². The van der Waals surface area contributed by atoms with Crippen LogP contribution in [-0.2, 0) is 6.42 Å². The summed E-state index contributed by atoms with van der Waals surface area (Å²) in [4.78, 5) is 0. The maximum Gasteiger partial charge on any atom is 0.134 e. The molecule has 0 unspecified atom stereocenters. The zero-order valence-electron chi connectivity index (χ0n) is 9.08. The van der Waals surface area contributed by atoms with Crippen LogP contribution >= 0.6 is 0 Å². The van der Waals surface area contributed by atoms with Crippen LogP contribution in [0.4, 0.5) is 8.78 Å². The van der Waals surface area contributed by atoms with Crippen LogP contribution in [0.15, 0.2) is 48.5 Å². The number of hydrogen-bond acceptors (Lipinski definition) is 0. The van der Waals surface area contributed by atoms with Gasteiger partial charge in [0.1, 0.15) is 11.6 Å². The average Bonchev–Trinajstić information content (AvgIpc) is 2.74. The lowest BCUT2D eigenvalue weighted by Crippen LogP contribution is -1.94. The molecule has 2 aromatic carbocycles. The number of rotatable bonds is 1. The molecule has 1 aliphatic carbocycles. The van der Waals surface area contributed by atoms with Gasteiger partial charge < -0.3 is 0 Å². The lowest BCUT2D eigenvalue weighted by atomic mass is 9.99. The average molecular weight is 228 g/mol. The molecule has 0 saturated heterocycles. The van der Waals surface area contributed by atoms with Gasteiger partial charge in [-0.1, -0.05) is 36.4 Å². The highest BCUT2D eigenvalue weighted by Gasteiger charge is 2.20. The Hall–Kier alpha value is -1.96. The molecule has 2 aromatic rings. The first kappa shape index (κ1) is 10.2. The predicted octanol–water partition coefficient (Wildman–Crippen LogP) is 3.95. The molecular formula is C15H10F2. The van der Waals surface area contributed by atoms with Gasteiger partial charge in [-0.15, -0.1) is 0 Å². The minimum atomic E-state index is -0.510. The fourth-order valence-electron chi connectivity index (χ4n) is 2.28. The number of allylic oxidation sites excluding steroid dienone is 1. The number of hydrogen-bond donors (Lipinski definition) is 0. The van der Waals surface area contributed by atoms with Crippen LogP contribution in [-0.4, -0.2) is 0 Å². The molecule has 0 bridgehead atoms. The summed E-state index contributed by atoms with van der Waals surface area (Å²) in [6.07, 6.45) is 2.54. The molecular weight excluding hydrogens is 218 g/mol. The van der Waals surface area contributed by atoms with Crippen molar-refractivity contribution in [2.75, 3.05) is 0 Å². The minimum absolute atomic E-state index is 0.479. The highest BCUT2D eigenvalue weighted by atomic mass is 19.1. The van der Waals surface area contributed by atoms with E-state index < -0.39 is 11.6 Å². The smallest absolute Gasteiger partial charge is 0.134 e. The summed E-state index contributed by atoms with van der Waals surface area (Å²) in [5, 5.41) is 0. The molecule has 0 N–H and O–H groups in total. The first-order valence-corrected chi connectivity index (χ1v) is 5.49. The molecule has 0 aliphatic heterocycles. The molecule has 84 valence electrons. The van der Waals surface area contributed by atoms with E-state index in [1.807, 2.05) is 36.4 Å². The van der Waals surface area contributed by atoms with E-state index in [9.17, 15) is 8.78 Å². The normalized spacial score (nSPS) is 13.4. The SMILES string of the molecule is Fc1cc(F)c2c(c1)CC=C2c1ccccc1. The van der Waals surface area contributed by atoms with E-state index in [4.69, 9.17) is 0 Å². The van der Waals surface area contributed by atoms with Gasteiger partial charge in [0.05, 0.1) is 0 Å². The van der Waals surface area contributed by atoms with Crippen molar-refractivity contribution in [2.24, 2.45) is 0 Å². The third-order valence-corrected chi connectivity index (χ3v) is 3.02. The Kier molecular flexibility index (Phi) is 2.29. The number of halogens is 2. The quantitative estimate of drug-likeness (QED) is 0.693. The Morgan fingerprint density at radius 3 is 2.47 bits per heavy atom. The second-order valence-electron chi connectivity index (χ2n) is 4.11. The maximum absolute atomic E-state index is 13.8. The van der Waals surface area contributed by atoms with Crippen molar-refractivity contribution in [1.29, 1.82) is 0 Å². The standard InChI is InChI=1S/C15H10F2/c16-12-8-11-6-7-13(15(11)14(17)9-12)10-4-2-1-3-5-10/h1-5,7-9H,6H2. The Balaban J connectivity index is 2.16. The van der Waals surface area contributed by atoms with E-state index in [0.29, 0.717) is 12.0 Å². The lowest BCUT2D eigenvalue weighted by Gasteiger charge is -2.07. The van der Waals surface area contributed by atoms with Gasteiger partial charge in [0.2, 0.25) is 0 Å². The summed E-state index contributed by atoms with van der Waals surface area (Å²) >= 11 is 0. The van der Waals surface area contributed by atoms with Crippen LogP contribution in [0, 0.1) is 11.6 Å². The van der Waals surface area contributed by atoms with Gasteiger partial charge in [0, 0.05) is 11.6 Å². The third kappa shape index (κ3) is 1.66. The van der Waals surface area contributed by atoms with Crippen LogP contribution in [0.5, 0.6) is 0 Å². The second-order valence-corrected chi connectivity index (χ2v) is 4.11. The largest absolute Gasteiger partial charge is 0.207 e. The molecule has 0 radical (unpaired) electrons. The van der Waals surface area contributed by atoms with Gasteiger partial charge >= 0.3 is 0 Å². The maximum atomic E-state index is 13.8. The first-order valence-electron chi connectivity index (χ1n) is 5.49. The summed E-state index contributed by atoms with van der Waals surface area (Å²) in [5.41, 5.74) is 3.09. The summed E-state index contributed by atoms with van der Waals surface area (Å²) in [6.45, 7) is 0. The molecule has 0 aromatic heterocycles. The van der Waals surface area contributed by atoms with E-state index >= 15 is 0 Å². The van der Waals surface area contributed by atoms with Crippen molar-refractivity contribution in [3.05, 3.63) is 76.9 Å². The Morgan fingerprint density at radius 2 is 1.71 bits per heavy atom. The van der Waals surface area contributed by atoms with Crippen LogP contribution in [0.1, 0.15) is 16.7 Å². The number of benzene rings is 2. The van der Waals surface area contributed by atoms with Crippen molar-refractivity contribution in [1.82, 2.24) is 0 Å². The van der Waals surface area contributed by atoms with Crippen molar-refractivity contribution in [3.8, 4) is 0 Å². The van der Waals surface area contributed by atoms with Gasteiger partial charge in [-0.05, 0) is 29.2 Å². The van der Waals surface area contributed by atoms with Crippen LogP contribution in [0.25, 0.3) is 5.57 Å². The molecule has 2 heteroatoms. The van der Waals surface area contributed by atoms with Gasteiger partial charge in [-0.25, -0.2) is 8.78 Å². The molecule has 3 rings (SSSR count). The summed E-state index contributed by atoms with van der Waals surface area (Å²) < 4.78 is 26.9. The molecule has 0 amide bonds. The van der Waals surface area contributed by atoms with E-state index in [-0.39, 0.29) is 0 Å². The Bertz CT molecular complexity index is 598. The zero-order valence-corrected chi connectivity index (χ0v) is 9.08. The topological polar surface area (TPSA) is 0 Å². The van der Waals surface area contributed by atoms with Crippen molar-refractivity contribution < 1.29 is 8.78 Å². The van der Waals surface area contributed by atoms with E-state index in [2.05, 4.69) is 0 Å². The molecule has 0 saturated carbocycles. The van der Waals surface area contributed by atoms with Gasteiger partial charge in [-0.2, -0.15) is 0 Å². The molecule has 0 spiro atoms. The molecule has 1 aliphatic rings. The zero-order chi connectivity index (χ0) is 11.8. The fraction of sp³-hybridized carbons (Fsp3) is 0.0667. The third-order valence-electron chi connectivity index (χ3n) is 3.02. The van der Waals surface area contributed by atoms with Gasteiger partial charge in [0.25, 0.3) is 0 Å². The van der Waals surface area contributed by atoms with E-state index in [1.54, 1.807) is 0 Å². The van der Waals surface area contributed by atoms with Gasteiger partial charge in [0.15, 0.2) is 0 Å². The number of fused-ring (bicyclic) bond motifs is 1. The van der Waals surface area contributed by atoms with E-state index in [0.717, 1.165) is 22.8 Å². The molecule has 0 nitrogen and oxygen atoms in total. The first-order chi connectivity index (χ1) is 8.25. The van der Waals surface area contributed by atoms with Crippen LogP contribution in [0.3, 0.4) is 0 Å². The van der Waals surface area contributed by atoms with Crippen molar-refractivity contribution >= 4 is 5.57 Å². The molecule has 0 atom stereocenters. The van der Waals surface area contributed by atoms with Gasteiger partial charge in [-0.3, -0.25) is 0 Å². The van der Waals surface area contributed by atoms with Crippen LogP contribution < -0.4 is 0 Å². The summed E-state index contributed by atoms with van der Waals surface area (Å²) in [7, 11) is 0. The Morgan fingerprint density at radius 1 is 0.941 bits per heavy atom.